The molecule has 4 heteroatoms. The number of rotatable bonds is 3. The van der Waals surface area contributed by atoms with E-state index in [2.05, 4.69) is 5.32 Å². The molecule has 0 aliphatic heterocycles. The van der Waals surface area contributed by atoms with E-state index >= 15 is 0 Å². The highest BCUT2D eigenvalue weighted by atomic mass is 35.5. The van der Waals surface area contributed by atoms with Gasteiger partial charge in [-0.3, -0.25) is 0 Å². The second-order valence-electron chi connectivity index (χ2n) is 5.12. The van der Waals surface area contributed by atoms with Crippen LogP contribution in [0.25, 0.3) is 0 Å². The molecular formula is C15H22Cl3N. The molecule has 1 aliphatic carbocycles. The molecule has 1 N–H and O–H groups in total. The first kappa shape index (κ1) is 17.1. The topological polar surface area (TPSA) is 12.0 Å². The number of nitrogens with one attached hydrogen (secondary N) is 1. The lowest BCUT2D eigenvalue weighted by molar-refractivity contribution is 0.389. The van der Waals surface area contributed by atoms with Gasteiger partial charge in [0.05, 0.1) is 0 Å². The maximum Gasteiger partial charge on any atom is 0.0465 e. The molecule has 0 atom stereocenters. The highest BCUT2D eigenvalue weighted by Crippen LogP contribution is 2.25. The van der Waals surface area contributed by atoms with Gasteiger partial charge in [0.2, 0.25) is 0 Å². The molecule has 0 unspecified atom stereocenters. The lowest BCUT2D eigenvalue weighted by Crippen LogP contribution is -2.29. The van der Waals surface area contributed by atoms with Crippen molar-refractivity contribution in [3.05, 3.63) is 33.8 Å². The molecule has 0 radical (unpaired) electrons. The van der Waals surface area contributed by atoms with E-state index in [-0.39, 0.29) is 12.4 Å². The van der Waals surface area contributed by atoms with E-state index in [1.165, 1.54) is 44.9 Å². The van der Waals surface area contributed by atoms with Crippen LogP contribution >= 0.6 is 35.6 Å². The Bertz CT molecular complexity index is 353. The number of benzene rings is 1. The van der Waals surface area contributed by atoms with Crippen molar-refractivity contribution in [2.24, 2.45) is 0 Å². The van der Waals surface area contributed by atoms with Gasteiger partial charge in [0.25, 0.3) is 0 Å². The van der Waals surface area contributed by atoms with Crippen LogP contribution < -0.4 is 5.32 Å². The van der Waals surface area contributed by atoms with Gasteiger partial charge in [-0.25, -0.2) is 0 Å². The van der Waals surface area contributed by atoms with Crippen LogP contribution in [0, 0.1) is 0 Å². The van der Waals surface area contributed by atoms with E-state index in [0.29, 0.717) is 6.04 Å². The van der Waals surface area contributed by atoms with E-state index in [1.54, 1.807) is 0 Å². The van der Waals surface area contributed by atoms with Crippen molar-refractivity contribution in [2.75, 3.05) is 0 Å². The zero-order chi connectivity index (χ0) is 12.8. The molecule has 0 amide bonds. The average molecular weight is 323 g/mol. The minimum absolute atomic E-state index is 0. The Kier molecular flexibility index (Phi) is 8.17. The fraction of sp³-hybridized carbons (Fsp3) is 0.600. The van der Waals surface area contributed by atoms with Crippen LogP contribution in [-0.4, -0.2) is 6.04 Å². The summed E-state index contributed by atoms with van der Waals surface area (Å²) in [5, 5.41) is 5.15. The predicted molar refractivity (Wildman–Crippen MR) is 86.7 cm³/mol. The summed E-state index contributed by atoms with van der Waals surface area (Å²) >= 11 is 12.4. The van der Waals surface area contributed by atoms with Gasteiger partial charge in [-0.1, -0.05) is 61.4 Å². The van der Waals surface area contributed by atoms with Crippen molar-refractivity contribution < 1.29 is 0 Å². The van der Waals surface area contributed by atoms with Gasteiger partial charge in [-0.15, -0.1) is 12.4 Å². The lowest BCUT2D eigenvalue weighted by Gasteiger charge is -2.21. The summed E-state index contributed by atoms with van der Waals surface area (Å²) in [5.74, 6) is 0. The third kappa shape index (κ3) is 5.51. The van der Waals surface area contributed by atoms with Crippen molar-refractivity contribution in [2.45, 2.75) is 57.5 Å². The highest BCUT2D eigenvalue weighted by molar-refractivity contribution is 6.35. The summed E-state index contributed by atoms with van der Waals surface area (Å²) < 4.78 is 0. The van der Waals surface area contributed by atoms with Gasteiger partial charge in [0, 0.05) is 28.2 Å². The fourth-order valence-corrected chi connectivity index (χ4v) is 3.14. The third-order valence-electron chi connectivity index (χ3n) is 3.73. The van der Waals surface area contributed by atoms with Crippen LogP contribution in [0.1, 0.15) is 50.5 Å². The zero-order valence-corrected chi connectivity index (χ0v) is 13.5. The summed E-state index contributed by atoms with van der Waals surface area (Å²) in [4.78, 5) is 0. The minimum atomic E-state index is 0. The molecule has 0 saturated heterocycles. The van der Waals surface area contributed by atoms with E-state index in [4.69, 9.17) is 23.2 Å². The number of halogens is 3. The van der Waals surface area contributed by atoms with Crippen LogP contribution in [0.5, 0.6) is 0 Å². The van der Waals surface area contributed by atoms with Crippen molar-refractivity contribution in [3.8, 4) is 0 Å². The first-order chi connectivity index (χ1) is 8.77. The molecule has 19 heavy (non-hydrogen) atoms. The summed E-state index contributed by atoms with van der Waals surface area (Å²) in [5.41, 5.74) is 1.03. The molecule has 0 heterocycles. The molecular weight excluding hydrogens is 301 g/mol. The van der Waals surface area contributed by atoms with E-state index < -0.39 is 0 Å². The second kappa shape index (κ2) is 9.07. The Morgan fingerprint density at radius 1 is 0.947 bits per heavy atom. The van der Waals surface area contributed by atoms with Gasteiger partial charge in [0.15, 0.2) is 0 Å². The molecule has 1 nitrogen and oxygen atoms in total. The van der Waals surface area contributed by atoms with Crippen LogP contribution in [-0.2, 0) is 6.54 Å². The van der Waals surface area contributed by atoms with Crippen LogP contribution in [0.2, 0.25) is 10.0 Å². The van der Waals surface area contributed by atoms with E-state index in [1.807, 2.05) is 18.2 Å². The van der Waals surface area contributed by atoms with Crippen molar-refractivity contribution in [1.29, 1.82) is 0 Å². The maximum absolute atomic E-state index is 6.18. The highest BCUT2D eigenvalue weighted by Gasteiger charge is 2.12. The largest absolute Gasteiger partial charge is 0.310 e. The Balaban J connectivity index is 0.00000180. The summed E-state index contributed by atoms with van der Waals surface area (Å²) in [6.45, 7) is 0.781. The Morgan fingerprint density at radius 3 is 2.05 bits per heavy atom. The van der Waals surface area contributed by atoms with Crippen molar-refractivity contribution in [3.63, 3.8) is 0 Å². The average Bonchev–Trinajstić information content (AvgIpc) is 2.30. The lowest BCUT2D eigenvalue weighted by atomic mass is 9.96. The Hall–Kier alpha value is 0.0500. The standard InChI is InChI=1S/C15H21Cl2N.ClH/c16-14-9-6-10-15(17)13(14)11-18-12-7-4-2-1-3-5-8-12;/h6,9-10,12,18H,1-5,7-8,11H2;1H. The summed E-state index contributed by atoms with van der Waals surface area (Å²) in [6.07, 6.45) is 9.41. The molecule has 2 rings (SSSR count). The minimum Gasteiger partial charge on any atom is -0.310 e. The first-order valence-electron chi connectivity index (χ1n) is 6.93. The molecule has 1 saturated carbocycles. The Labute approximate surface area is 132 Å². The smallest absolute Gasteiger partial charge is 0.0465 e. The summed E-state index contributed by atoms with van der Waals surface area (Å²) in [6, 6.07) is 6.33. The number of hydrogen-bond donors (Lipinski definition) is 1. The molecule has 108 valence electrons. The van der Waals surface area contributed by atoms with Crippen LogP contribution in [0.4, 0.5) is 0 Å². The fourth-order valence-electron chi connectivity index (χ4n) is 2.61. The van der Waals surface area contributed by atoms with Gasteiger partial charge in [0.1, 0.15) is 0 Å². The third-order valence-corrected chi connectivity index (χ3v) is 4.44. The molecule has 1 aromatic rings. The van der Waals surface area contributed by atoms with Gasteiger partial charge < -0.3 is 5.32 Å². The molecule has 1 fully saturated rings. The quantitative estimate of drug-likeness (QED) is 0.761. The molecule has 0 aromatic heterocycles. The van der Waals surface area contributed by atoms with Crippen LogP contribution in [0.15, 0.2) is 18.2 Å². The molecule has 1 aliphatic rings. The SMILES string of the molecule is Cl.Clc1cccc(Cl)c1CNC1CCCCCCC1. The first-order valence-corrected chi connectivity index (χ1v) is 7.69. The molecule has 0 bridgehead atoms. The van der Waals surface area contributed by atoms with E-state index in [9.17, 15) is 0 Å². The van der Waals surface area contributed by atoms with Crippen molar-refractivity contribution >= 4 is 35.6 Å². The predicted octanol–water partition coefficient (Wildman–Crippen LogP) is 5.62. The maximum atomic E-state index is 6.18. The molecule has 1 aromatic carbocycles. The van der Waals surface area contributed by atoms with Gasteiger partial charge in [-0.2, -0.15) is 0 Å². The number of hydrogen-bond acceptors (Lipinski definition) is 1. The monoisotopic (exact) mass is 321 g/mol. The van der Waals surface area contributed by atoms with Crippen molar-refractivity contribution in [1.82, 2.24) is 5.32 Å². The zero-order valence-electron chi connectivity index (χ0n) is 11.1. The normalized spacial score (nSPS) is 17.4. The summed E-state index contributed by atoms with van der Waals surface area (Å²) in [7, 11) is 0. The second-order valence-corrected chi connectivity index (χ2v) is 5.94. The van der Waals surface area contributed by atoms with Gasteiger partial charge >= 0.3 is 0 Å². The molecule has 0 spiro atoms. The van der Waals surface area contributed by atoms with Gasteiger partial charge in [-0.05, 0) is 25.0 Å². The van der Waals surface area contributed by atoms with Crippen LogP contribution in [0.3, 0.4) is 0 Å². The Morgan fingerprint density at radius 2 is 1.47 bits per heavy atom. The van der Waals surface area contributed by atoms with E-state index in [0.717, 1.165) is 22.2 Å².